The van der Waals surface area contributed by atoms with E-state index in [-0.39, 0.29) is 12.3 Å². The van der Waals surface area contributed by atoms with E-state index >= 15 is 0 Å². The minimum Gasteiger partial charge on any atom is -0.326 e. The molecule has 3 aromatic rings. The molecule has 3 N–H and O–H groups in total. The van der Waals surface area contributed by atoms with Crippen LogP contribution in [-0.4, -0.2) is 16.9 Å². The van der Waals surface area contributed by atoms with Crippen LogP contribution in [-0.2, 0) is 11.2 Å². The van der Waals surface area contributed by atoms with Crippen LogP contribution in [0.1, 0.15) is 11.3 Å². The van der Waals surface area contributed by atoms with Crippen LogP contribution < -0.4 is 16.0 Å². The Balaban J connectivity index is 1.54. The summed E-state index contributed by atoms with van der Waals surface area (Å²) in [5.41, 5.74) is 2.93. The van der Waals surface area contributed by atoms with E-state index in [0.29, 0.717) is 21.5 Å². The van der Waals surface area contributed by atoms with Gasteiger partial charge in [0.15, 0.2) is 5.13 Å². The molecule has 0 saturated carbocycles. The molecule has 6 nitrogen and oxygen atoms in total. The van der Waals surface area contributed by atoms with Crippen LogP contribution in [0, 0.1) is 6.92 Å². The van der Waals surface area contributed by atoms with Gasteiger partial charge in [-0.25, -0.2) is 9.78 Å². The van der Waals surface area contributed by atoms with Crippen LogP contribution in [0.2, 0.25) is 5.02 Å². The van der Waals surface area contributed by atoms with Gasteiger partial charge in [-0.1, -0.05) is 35.9 Å². The maximum absolute atomic E-state index is 12.2. The molecule has 27 heavy (non-hydrogen) atoms. The lowest BCUT2D eigenvalue weighted by Gasteiger charge is -2.07. The van der Waals surface area contributed by atoms with Crippen molar-refractivity contribution in [3.05, 3.63) is 70.2 Å². The fourth-order valence-electron chi connectivity index (χ4n) is 2.34. The summed E-state index contributed by atoms with van der Waals surface area (Å²) in [6.45, 7) is 1.93. The molecule has 3 rings (SSSR count). The highest BCUT2D eigenvalue weighted by molar-refractivity contribution is 7.14. The van der Waals surface area contributed by atoms with Gasteiger partial charge < -0.3 is 10.6 Å². The van der Waals surface area contributed by atoms with Gasteiger partial charge in [-0.3, -0.25) is 10.1 Å². The SMILES string of the molecule is Cc1ccccc1NC(=O)Cc1csc(NC(=O)Nc2cccc(Cl)c2)n1. The molecule has 0 atom stereocenters. The lowest BCUT2D eigenvalue weighted by atomic mass is 10.2. The molecule has 2 aromatic carbocycles. The zero-order chi connectivity index (χ0) is 19.2. The number of nitrogens with one attached hydrogen (secondary N) is 3. The molecular formula is C19H17ClN4O2S. The van der Waals surface area contributed by atoms with E-state index in [0.717, 1.165) is 11.3 Å². The van der Waals surface area contributed by atoms with Gasteiger partial charge in [0.2, 0.25) is 5.91 Å². The summed E-state index contributed by atoms with van der Waals surface area (Å²) in [4.78, 5) is 28.5. The summed E-state index contributed by atoms with van der Waals surface area (Å²) in [6.07, 6.45) is 0.127. The maximum atomic E-state index is 12.2. The predicted molar refractivity (Wildman–Crippen MR) is 110 cm³/mol. The second-order valence-electron chi connectivity index (χ2n) is 5.77. The van der Waals surface area contributed by atoms with Gasteiger partial charge in [-0.2, -0.15) is 0 Å². The Morgan fingerprint density at radius 2 is 1.89 bits per heavy atom. The largest absolute Gasteiger partial charge is 0.326 e. The first kappa shape index (κ1) is 18.9. The zero-order valence-corrected chi connectivity index (χ0v) is 16.0. The van der Waals surface area contributed by atoms with E-state index in [4.69, 9.17) is 11.6 Å². The molecule has 8 heteroatoms. The zero-order valence-electron chi connectivity index (χ0n) is 14.5. The van der Waals surface area contributed by atoms with Gasteiger partial charge in [0.1, 0.15) is 0 Å². The molecule has 0 fully saturated rings. The van der Waals surface area contributed by atoms with Gasteiger partial charge in [-0.05, 0) is 36.8 Å². The first-order chi connectivity index (χ1) is 13.0. The fourth-order valence-corrected chi connectivity index (χ4v) is 3.24. The predicted octanol–water partition coefficient (Wildman–Crippen LogP) is 4.93. The lowest BCUT2D eigenvalue weighted by Crippen LogP contribution is -2.19. The number of carbonyl (C=O) groups excluding carboxylic acids is 2. The van der Waals surface area contributed by atoms with Crippen molar-refractivity contribution in [3.63, 3.8) is 0 Å². The average Bonchev–Trinajstić information content (AvgIpc) is 3.03. The van der Waals surface area contributed by atoms with Crippen LogP contribution in [0.3, 0.4) is 0 Å². The van der Waals surface area contributed by atoms with Gasteiger partial charge in [-0.15, -0.1) is 11.3 Å². The topological polar surface area (TPSA) is 83.1 Å². The first-order valence-electron chi connectivity index (χ1n) is 8.13. The average molecular weight is 401 g/mol. The van der Waals surface area contributed by atoms with Crippen molar-refractivity contribution in [1.82, 2.24) is 4.98 Å². The first-order valence-corrected chi connectivity index (χ1v) is 9.39. The number of para-hydroxylation sites is 1. The second-order valence-corrected chi connectivity index (χ2v) is 7.07. The number of rotatable bonds is 5. The number of halogens is 1. The molecule has 1 heterocycles. The van der Waals surface area contributed by atoms with Crippen molar-refractivity contribution in [2.45, 2.75) is 13.3 Å². The van der Waals surface area contributed by atoms with E-state index in [1.54, 1.807) is 29.6 Å². The van der Waals surface area contributed by atoms with Crippen molar-refractivity contribution >= 4 is 51.4 Å². The third-order valence-corrected chi connectivity index (χ3v) is 4.66. The summed E-state index contributed by atoms with van der Waals surface area (Å²) in [5.74, 6) is -0.162. The Morgan fingerprint density at radius 3 is 2.67 bits per heavy atom. The van der Waals surface area contributed by atoms with Crippen molar-refractivity contribution in [1.29, 1.82) is 0 Å². The van der Waals surface area contributed by atoms with E-state index in [1.165, 1.54) is 11.3 Å². The molecule has 0 radical (unpaired) electrons. The summed E-state index contributed by atoms with van der Waals surface area (Å²) in [5, 5.41) is 10.9. The van der Waals surface area contributed by atoms with Gasteiger partial charge in [0.25, 0.3) is 0 Å². The fraction of sp³-hybridized carbons (Fsp3) is 0.105. The quantitative estimate of drug-likeness (QED) is 0.567. The Kier molecular flexibility index (Phi) is 6.05. The lowest BCUT2D eigenvalue weighted by molar-refractivity contribution is -0.115. The number of nitrogens with zero attached hydrogens (tertiary/aromatic N) is 1. The number of benzene rings is 2. The minimum atomic E-state index is -0.428. The van der Waals surface area contributed by atoms with Crippen molar-refractivity contribution in [2.75, 3.05) is 16.0 Å². The molecule has 0 bridgehead atoms. The third-order valence-electron chi connectivity index (χ3n) is 3.62. The number of aromatic nitrogens is 1. The third kappa shape index (κ3) is 5.54. The molecule has 1 aromatic heterocycles. The molecule has 0 saturated heterocycles. The number of anilines is 3. The van der Waals surface area contributed by atoms with Gasteiger partial charge in [0, 0.05) is 21.8 Å². The van der Waals surface area contributed by atoms with Crippen LogP contribution in [0.4, 0.5) is 21.3 Å². The number of thiazole rings is 1. The van der Waals surface area contributed by atoms with Gasteiger partial charge in [0.05, 0.1) is 12.1 Å². The molecule has 3 amide bonds. The molecule has 0 unspecified atom stereocenters. The normalized spacial score (nSPS) is 10.3. The number of aryl methyl sites for hydroxylation is 1. The van der Waals surface area contributed by atoms with E-state index in [1.807, 2.05) is 31.2 Å². The second kappa shape index (κ2) is 8.66. The van der Waals surface area contributed by atoms with E-state index in [9.17, 15) is 9.59 Å². The molecule has 0 aliphatic rings. The van der Waals surface area contributed by atoms with E-state index < -0.39 is 6.03 Å². The molecule has 0 aliphatic carbocycles. The Hall–Kier alpha value is -2.90. The highest BCUT2D eigenvalue weighted by Gasteiger charge is 2.11. The van der Waals surface area contributed by atoms with Crippen molar-refractivity contribution in [2.24, 2.45) is 0 Å². The molecule has 138 valence electrons. The molecule has 0 aliphatic heterocycles. The summed E-state index contributed by atoms with van der Waals surface area (Å²) in [6, 6.07) is 14.0. The number of amides is 3. The monoisotopic (exact) mass is 400 g/mol. The minimum absolute atomic E-state index is 0.127. The Morgan fingerprint density at radius 1 is 1.07 bits per heavy atom. The Labute approximate surface area is 165 Å². The van der Waals surface area contributed by atoms with Crippen LogP contribution in [0.25, 0.3) is 0 Å². The maximum Gasteiger partial charge on any atom is 0.325 e. The van der Waals surface area contributed by atoms with Crippen molar-refractivity contribution < 1.29 is 9.59 Å². The smallest absolute Gasteiger partial charge is 0.325 e. The highest BCUT2D eigenvalue weighted by atomic mass is 35.5. The van der Waals surface area contributed by atoms with Crippen LogP contribution in [0.5, 0.6) is 0 Å². The Bertz CT molecular complexity index is 974. The van der Waals surface area contributed by atoms with E-state index in [2.05, 4.69) is 20.9 Å². The number of hydrogen-bond acceptors (Lipinski definition) is 4. The highest BCUT2D eigenvalue weighted by Crippen LogP contribution is 2.19. The standard InChI is InChI=1S/C19H17ClN4O2S/c1-12-5-2-3-8-16(12)23-17(25)10-15-11-27-19(22-15)24-18(26)21-14-7-4-6-13(20)9-14/h2-9,11H,10H2,1H3,(H,23,25)(H2,21,22,24,26). The summed E-state index contributed by atoms with van der Waals surface area (Å²) < 4.78 is 0. The van der Waals surface area contributed by atoms with Gasteiger partial charge >= 0.3 is 6.03 Å². The number of urea groups is 1. The van der Waals surface area contributed by atoms with Crippen LogP contribution in [0.15, 0.2) is 53.9 Å². The number of hydrogen-bond donors (Lipinski definition) is 3. The summed E-state index contributed by atoms with van der Waals surface area (Å²) >= 11 is 7.14. The summed E-state index contributed by atoms with van der Waals surface area (Å²) in [7, 11) is 0. The van der Waals surface area contributed by atoms with Crippen molar-refractivity contribution in [3.8, 4) is 0 Å². The molecular weight excluding hydrogens is 384 g/mol. The van der Waals surface area contributed by atoms with Crippen LogP contribution >= 0.6 is 22.9 Å². The number of carbonyl (C=O) groups is 2. The molecule has 0 spiro atoms.